The maximum absolute atomic E-state index is 11.6. The first-order valence-electron chi connectivity index (χ1n) is 7.60. The van der Waals surface area contributed by atoms with E-state index < -0.39 is 9.84 Å². The fourth-order valence-corrected chi connectivity index (χ4v) is 3.98. The van der Waals surface area contributed by atoms with Crippen molar-refractivity contribution in [3.8, 4) is 11.4 Å². The molecule has 0 aliphatic carbocycles. The van der Waals surface area contributed by atoms with Crippen LogP contribution in [0.5, 0.6) is 0 Å². The minimum absolute atomic E-state index is 0.0476. The van der Waals surface area contributed by atoms with Crippen molar-refractivity contribution in [3.63, 3.8) is 0 Å². The highest BCUT2D eigenvalue weighted by atomic mass is 32.2. The molecule has 1 aromatic heterocycles. The van der Waals surface area contributed by atoms with Crippen molar-refractivity contribution in [2.45, 2.75) is 6.04 Å². The molecule has 2 heterocycles. The summed E-state index contributed by atoms with van der Waals surface area (Å²) in [5, 5.41) is 5.36. The van der Waals surface area contributed by atoms with Gasteiger partial charge in [0, 0.05) is 16.4 Å². The van der Waals surface area contributed by atoms with Gasteiger partial charge in [-0.25, -0.2) is 18.4 Å². The van der Waals surface area contributed by atoms with Gasteiger partial charge in [0.1, 0.15) is 5.82 Å². The van der Waals surface area contributed by atoms with Crippen molar-refractivity contribution in [1.82, 2.24) is 9.97 Å². The van der Waals surface area contributed by atoms with Crippen LogP contribution in [-0.2, 0) is 9.84 Å². The van der Waals surface area contributed by atoms with E-state index in [2.05, 4.69) is 15.3 Å². The van der Waals surface area contributed by atoms with E-state index in [1.807, 2.05) is 54.6 Å². The van der Waals surface area contributed by atoms with Crippen molar-refractivity contribution in [2.75, 3.05) is 11.1 Å². The zero-order chi connectivity index (χ0) is 16.6. The molecule has 0 bridgehead atoms. The van der Waals surface area contributed by atoms with Crippen LogP contribution < -0.4 is 5.32 Å². The van der Waals surface area contributed by atoms with Crippen molar-refractivity contribution in [2.24, 2.45) is 0 Å². The summed E-state index contributed by atoms with van der Waals surface area (Å²) in [6, 6.07) is 17.1. The smallest absolute Gasteiger partial charge is 0.173 e. The average Bonchev–Trinajstić information content (AvgIpc) is 2.94. The zero-order valence-electron chi connectivity index (χ0n) is 12.8. The van der Waals surface area contributed by atoms with Gasteiger partial charge < -0.3 is 5.32 Å². The van der Waals surface area contributed by atoms with Crippen LogP contribution in [-0.4, -0.2) is 30.2 Å². The lowest BCUT2D eigenvalue weighted by molar-refractivity contribution is 0.605. The lowest BCUT2D eigenvalue weighted by Crippen LogP contribution is -2.22. The third-order valence-corrected chi connectivity index (χ3v) is 5.28. The van der Waals surface area contributed by atoms with Gasteiger partial charge in [0.2, 0.25) is 0 Å². The Balaban J connectivity index is 1.80. The molecule has 0 spiro atoms. The number of fused-ring (bicyclic) bond motifs is 1. The molecule has 6 heteroatoms. The first-order chi connectivity index (χ1) is 11.6. The number of aromatic nitrogens is 2. The van der Waals surface area contributed by atoms with Crippen LogP contribution in [0.1, 0.15) is 0 Å². The number of benzene rings is 2. The van der Waals surface area contributed by atoms with E-state index in [9.17, 15) is 8.42 Å². The van der Waals surface area contributed by atoms with Gasteiger partial charge in [-0.1, -0.05) is 42.5 Å². The summed E-state index contributed by atoms with van der Waals surface area (Å²) in [6.45, 7) is 0. The molecule has 1 aliphatic rings. The SMILES string of the molecule is O=S1(=O)C=CC(Nc2nc(-c3ccccc3)nc3ccccc23)C1. The average molecular weight is 337 g/mol. The molecule has 0 saturated heterocycles. The second kappa shape index (κ2) is 5.72. The molecule has 3 aromatic rings. The fourth-order valence-electron chi connectivity index (χ4n) is 2.74. The normalized spacial score (nSPS) is 18.8. The number of anilines is 1. The Morgan fingerprint density at radius 3 is 2.46 bits per heavy atom. The monoisotopic (exact) mass is 337 g/mol. The van der Waals surface area contributed by atoms with Gasteiger partial charge in [-0.05, 0) is 18.2 Å². The highest BCUT2D eigenvalue weighted by Crippen LogP contribution is 2.26. The molecule has 24 heavy (non-hydrogen) atoms. The first-order valence-corrected chi connectivity index (χ1v) is 9.32. The molecule has 1 atom stereocenters. The predicted molar refractivity (Wildman–Crippen MR) is 95.3 cm³/mol. The summed E-state index contributed by atoms with van der Waals surface area (Å²) in [4.78, 5) is 9.25. The van der Waals surface area contributed by atoms with E-state index in [1.54, 1.807) is 6.08 Å². The number of rotatable bonds is 3. The van der Waals surface area contributed by atoms with Gasteiger partial charge in [-0.15, -0.1) is 0 Å². The quantitative estimate of drug-likeness (QED) is 0.795. The molecule has 0 fully saturated rings. The van der Waals surface area contributed by atoms with Crippen molar-refractivity contribution in [1.29, 1.82) is 0 Å². The van der Waals surface area contributed by atoms with Gasteiger partial charge >= 0.3 is 0 Å². The summed E-state index contributed by atoms with van der Waals surface area (Å²) >= 11 is 0. The highest BCUT2D eigenvalue weighted by Gasteiger charge is 2.22. The highest BCUT2D eigenvalue weighted by molar-refractivity contribution is 7.94. The predicted octanol–water partition coefficient (Wildman–Crippen LogP) is 3.02. The summed E-state index contributed by atoms with van der Waals surface area (Å²) in [7, 11) is -3.12. The van der Waals surface area contributed by atoms with Gasteiger partial charge in [0.05, 0.1) is 17.3 Å². The third kappa shape index (κ3) is 2.88. The van der Waals surface area contributed by atoms with Crippen LogP contribution in [0, 0.1) is 0 Å². The Kier molecular flexibility index (Phi) is 3.54. The summed E-state index contributed by atoms with van der Waals surface area (Å²) in [5.41, 5.74) is 1.74. The van der Waals surface area contributed by atoms with Crippen molar-refractivity contribution < 1.29 is 8.42 Å². The lowest BCUT2D eigenvalue weighted by Gasteiger charge is -2.14. The number of sulfone groups is 1. The molecule has 1 unspecified atom stereocenters. The minimum Gasteiger partial charge on any atom is -0.362 e. The molecule has 0 radical (unpaired) electrons. The number of para-hydroxylation sites is 1. The molecule has 1 aliphatic heterocycles. The van der Waals surface area contributed by atoms with E-state index in [0.29, 0.717) is 11.6 Å². The Labute approximate surface area is 140 Å². The maximum atomic E-state index is 11.6. The van der Waals surface area contributed by atoms with Gasteiger partial charge in [0.25, 0.3) is 0 Å². The molecular weight excluding hydrogens is 322 g/mol. The second-order valence-electron chi connectivity index (χ2n) is 5.69. The fraction of sp³-hybridized carbons (Fsp3) is 0.111. The zero-order valence-corrected chi connectivity index (χ0v) is 13.6. The number of hydrogen-bond donors (Lipinski definition) is 1. The van der Waals surface area contributed by atoms with Crippen LogP contribution in [0.4, 0.5) is 5.82 Å². The molecule has 1 N–H and O–H groups in total. The van der Waals surface area contributed by atoms with E-state index >= 15 is 0 Å². The van der Waals surface area contributed by atoms with Crippen molar-refractivity contribution in [3.05, 3.63) is 66.1 Å². The topological polar surface area (TPSA) is 72.0 Å². The Bertz CT molecular complexity index is 1030. The molecule has 120 valence electrons. The molecular formula is C18H15N3O2S. The summed E-state index contributed by atoms with van der Waals surface area (Å²) in [6.07, 6.45) is 1.66. The van der Waals surface area contributed by atoms with E-state index in [0.717, 1.165) is 16.5 Å². The Hall–Kier alpha value is -2.73. The molecule has 0 saturated carbocycles. The summed E-state index contributed by atoms with van der Waals surface area (Å²) < 4.78 is 23.2. The largest absolute Gasteiger partial charge is 0.362 e. The van der Waals surface area contributed by atoms with E-state index in [1.165, 1.54) is 5.41 Å². The van der Waals surface area contributed by atoms with Crippen molar-refractivity contribution >= 4 is 26.6 Å². The van der Waals surface area contributed by atoms with Crippen LogP contribution in [0.15, 0.2) is 66.1 Å². The molecule has 2 aromatic carbocycles. The Morgan fingerprint density at radius 2 is 1.71 bits per heavy atom. The number of hydrogen-bond acceptors (Lipinski definition) is 5. The first kappa shape index (κ1) is 14.8. The summed E-state index contributed by atoms with van der Waals surface area (Å²) in [5.74, 6) is 1.30. The van der Waals surface area contributed by atoms with Crippen LogP contribution in [0.2, 0.25) is 0 Å². The second-order valence-corrected chi connectivity index (χ2v) is 7.62. The molecule has 0 amide bonds. The molecule has 5 nitrogen and oxygen atoms in total. The van der Waals surface area contributed by atoms with Gasteiger partial charge in [-0.3, -0.25) is 0 Å². The third-order valence-electron chi connectivity index (χ3n) is 3.89. The lowest BCUT2D eigenvalue weighted by atomic mass is 10.1. The Morgan fingerprint density at radius 1 is 0.958 bits per heavy atom. The maximum Gasteiger partial charge on any atom is 0.173 e. The van der Waals surface area contributed by atoms with Crippen LogP contribution >= 0.6 is 0 Å². The van der Waals surface area contributed by atoms with E-state index in [4.69, 9.17) is 0 Å². The minimum atomic E-state index is -3.12. The van der Waals surface area contributed by atoms with Crippen LogP contribution in [0.25, 0.3) is 22.3 Å². The van der Waals surface area contributed by atoms with E-state index in [-0.39, 0.29) is 11.8 Å². The number of nitrogens with zero attached hydrogens (tertiary/aromatic N) is 2. The van der Waals surface area contributed by atoms with Crippen LogP contribution in [0.3, 0.4) is 0 Å². The number of nitrogens with one attached hydrogen (secondary N) is 1. The standard InChI is InChI=1S/C18H15N3O2S/c22-24(23)11-10-14(12-24)19-18-15-8-4-5-9-16(15)20-17(21-18)13-6-2-1-3-7-13/h1-11,14H,12H2,(H,19,20,21). The molecule has 4 rings (SSSR count). The van der Waals surface area contributed by atoms with Gasteiger partial charge in [-0.2, -0.15) is 0 Å². The van der Waals surface area contributed by atoms with Gasteiger partial charge in [0.15, 0.2) is 15.7 Å².